The standard InChI is InChI=1S/C20H21Br/c1-3-4-7-15-8-5-6-9-17(15)19-12-16-11-10-14(2)18(16)13-20(19)21/h5-6,8-10,12-13H,3-4,7,11H2,1-2H3. The van der Waals surface area contributed by atoms with Gasteiger partial charge in [-0.3, -0.25) is 0 Å². The van der Waals surface area contributed by atoms with Crippen molar-refractivity contribution in [2.24, 2.45) is 0 Å². The molecule has 0 fully saturated rings. The maximum atomic E-state index is 3.79. The normalized spacial score (nSPS) is 13.2. The summed E-state index contributed by atoms with van der Waals surface area (Å²) in [5, 5.41) is 0. The Morgan fingerprint density at radius 2 is 1.86 bits per heavy atom. The Kier molecular flexibility index (Phi) is 4.30. The van der Waals surface area contributed by atoms with Gasteiger partial charge < -0.3 is 0 Å². The fourth-order valence-corrected chi connectivity index (χ4v) is 3.66. The third kappa shape index (κ3) is 2.85. The number of hydrogen-bond acceptors (Lipinski definition) is 0. The predicted octanol–water partition coefficient (Wildman–Crippen LogP) is 6.42. The molecule has 0 N–H and O–H groups in total. The van der Waals surface area contributed by atoms with Gasteiger partial charge in [-0.15, -0.1) is 0 Å². The van der Waals surface area contributed by atoms with Crippen LogP contribution < -0.4 is 0 Å². The quantitative estimate of drug-likeness (QED) is 0.602. The van der Waals surface area contributed by atoms with E-state index in [1.807, 2.05) is 0 Å². The van der Waals surface area contributed by atoms with Crippen molar-refractivity contribution in [2.75, 3.05) is 0 Å². The van der Waals surface area contributed by atoms with Crippen LogP contribution in [0.2, 0.25) is 0 Å². The first-order valence-electron chi connectivity index (χ1n) is 7.78. The minimum atomic E-state index is 1.07. The summed E-state index contributed by atoms with van der Waals surface area (Å²) in [7, 11) is 0. The number of aryl methyl sites for hydroxylation is 1. The number of allylic oxidation sites excluding steroid dienone is 2. The van der Waals surface area contributed by atoms with E-state index in [1.165, 1.54) is 50.7 Å². The second kappa shape index (κ2) is 6.19. The first kappa shape index (κ1) is 14.6. The third-order valence-corrected chi connectivity index (χ3v) is 5.01. The molecule has 0 amide bonds. The monoisotopic (exact) mass is 340 g/mol. The van der Waals surface area contributed by atoms with Crippen LogP contribution in [0.15, 0.2) is 46.9 Å². The summed E-state index contributed by atoms with van der Waals surface area (Å²) in [4.78, 5) is 0. The van der Waals surface area contributed by atoms with E-state index in [9.17, 15) is 0 Å². The van der Waals surface area contributed by atoms with E-state index in [4.69, 9.17) is 0 Å². The van der Waals surface area contributed by atoms with E-state index in [0.717, 1.165) is 12.8 Å². The van der Waals surface area contributed by atoms with Crippen molar-refractivity contribution in [3.8, 4) is 11.1 Å². The number of hydrogen-bond donors (Lipinski definition) is 0. The molecule has 0 atom stereocenters. The topological polar surface area (TPSA) is 0 Å². The van der Waals surface area contributed by atoms with Crippen LogP contribution in [0.3, 0.4) is 0 Å². The van der Waals surface area contributed by atoms with E-state index >= 15 is 0 Å². The Balaban J connectivity index is 2.06. The van der Waals surface area contributed by atoms with Gasteiger partial charge in [0.15, 0.2) is 0 Å². The molecule has 0 saturated carbocycles. The molecule has 0 aromatic heterocycles. The number of benzene rings is 2. The molecular weight excluding hydrogens is 320 g/mol. The highest BCUT2D eigenvalue weighted by atomic mass is 79.9. The molecule has 3 rings (SSSR count). The summed E-state index contributed by atoms with van der Waals surface area (Å²) >= 11 is 3.79. The van der Waals surface area contributed by atoms with Crippen LogP contribution >= 0.6 is 15.9 Å². The van der Waals surface area contributed by atoms with Crippen molar-refractivity contribution in [1.29, 1.82) is 0 Å². The molecule has 0 heterocycles. The van der Waals surface area contributed by atoms with Gasteiger partial charge in [0.1, 0.15) is 0 Å². The minimum Gasteiger partial charge on any atom is -0.0766 e. The highest BCUT2D eigenvalue weighted by molar-refractivity contribution is 9.10. The second-order valence-electron chi connectivity index (χ2n) is 5.84. The van der Waals surface area contributed by atoms with Gasteiger partial charge in [-0.05, 0) is 71.7 Å². The molecule has 1 heteroatoms. The first-order valence-corrected chi connectivity index (χ1v) is 8.58. The van der Waals surface area contributed by atoms with Gasteiger partial charge in [0.2, 0.25) is 0 Å². The highest BCUT2D eigenvalue weighted by Gasteiger charge is 2.16. The summed E-state index contributed by atoms with van der Waals surface area (Å²) in [5.74, 6) is 0. The van der Waals surface area contributed by atoms with Crippen LogP contribution in [-0.2, 0) is 12.8 Å². The zero-order chi connectivity index (χ0) is 14.8. The Bertz CT molecular complexity index is 695. The van der Waals surface area contributed by atoms with Crippen LogP contribution in [0.25, 0.3) is 16.7 Å². The Labute approximate surface area is 136 Å². The van der Waals surface area contributed by atoms with Crippen molar-refractivity contribution in [3.63, 3.8) is 0 Å². The van der Waals surface area contributed by atoms with Gasteiger partial charge in [0, 0.05) is 4.47 Å². The Morgan fingerprint density at radius 3 is 2.67 bits per heavy atom. The molecule has 0 unspecified atom stereocenters. The number of unbranched alkanes of at least 4 members (excludes halogenated alkanes) is 1. The number of halogens is 1. The van der Waals surface area contributed by atoms with Crippen LogP contribution in [0.1, 0.15) is 43.4 Å². The molecule has 2 aromatic carbocycles. The Morgan fingerprint density at radius 1 is 1.05 bits per heavy atom. The minimum absolute atomic E-state index is 1.07. The molecule has 108 valence electrons. The predicted molar refractivity (Wildman–Crippen MR) is 95.5 cm³/mol. The lowest BCUT2D eigenvalue weighted by molar-refractivity contribution is 0.796. The molecule has 0 radical (unpaired) electrons. The summed E-state index contributed by atoms with van der Waals surface area (Å²) in [6, 6.07) is 13.5. The van der Waals surface area contributed by atoms with Crippen molar-refractivity contribution in [2.45, 2.75) is 39.5 Å². The SMILES string of the molecule is CCCCc1ccccc1-c1cc2c(cc1Br)C(C)=CC2. The summed E-state index contributed by atoms with van der Waals surface area (Å²) < 4.78 is 1.21. The molecule has 0 spiro atoms. The maximum Gasteiger partial charge on any atom is 0.0260 e. The maximum absolute atomic E-state index is 3.79. The average molecular weight is 341 g/mol. The lowest BCUT2D eigenvalue weighted by Crippen LogP contribution is -1.93. The fraction of sp³-hybridized carbons (Fsp3) is 0.300. The van der Waals surface area contributed by atoms with Crippen LogP contribution in [0.5, 0.6) is 0 Å². The summed E-state index contributed by atoms with van der Waals surface area (Å²) in [6.45, 7) is 4.45. The molecule has 0 bridgehead atoms. The van der Waals surface area contributed by atoms with Crippen LogP contribution in [0, 0.1) is 0 Å². The van der Waals surface area contributed by atoms with Crippen molar-refractivity contribution >= 4 is 21.5 Å². The number of fused-ring (bicyclic) bond motifs is 1. The van der Waals surface area contributed by atoms with Crippen molar-refractivity contribution in [1.82, 2.24) is 0 Å². The molecule has 1 aliphatic rings. The van der Waals surface area contributed by atoms with E-state index in [1.54, 1.807) is 0 Å². The summed E-state index contributed by atoms with van der Waals surface area (Å²) in [5.41, 5.74) is 8.43. The van der Waals surface area contributed by atoms with Crippen molar-refractivity contribution in [3.05, 3.63) is 63.6 Å². The van der Waals surface area contributed by atoms with Gasteiger partial charge in [0.05, 0.1) is 0 Å². The van der Waals surface area contributed by atoms with E-state index < -0.39 is 0 Å². The van der Waals surface area contributed by atoms with Crippen LogP contribution in [-0.4, -0.2) is 0 Å². The van der Waals surface area contributed by atoms with E-state index in [-0.39, 0.29) is 0 Å². The molecule has 2 aromatic rings. The largest absolute Gasteiger partial charge is 0.0766 e. The second-order valence-corrected chi connectivity index (χ2v) is 6.70. The van der Waals surface area contributed by atoms with Gasteiger partial charge in [-0.1, -0.05) is 59.6 Å². The van der Waals surface area contributed by atoms with E-state index in [0.29, 0.717) is 0 Å². The van der Waals surface area contributed by atoms with Crippen molar-refractivity contribution < 1.29 is 0 Å². The smallest absolute Gasteiger partial charge is 0.0260 e. The average Bonchev–Trinajstić information content (AvgIpc) is 2.85. The van der Waals surface area contributed by atoms with Gasteiger partial charge in [-0.25, -0.2) is 0 Å². The molecule has 0 saturated heterocycles. The lowest BCUT2D eigenvalue weighted by atomic mass is 9.93. The highest BCUT2D eigenvalue weighted by Crippen LogP contribution is 2.38. The Hall–Kier alpha value is -1.34. The molecule has 0 aliphatic heterocycles. The molecule has 0 nitrogen and oxygen atoms in total. The molecular formula is C20H21Br. The van der Waals surface area contributed by atoms with Gasteiger partial charge >= 0.3 is 0 Å². The zero-order valence-corrected chi connectivity index (χ0v) is 14.3. The fourth-order valence-electron chi connectivity index (χ4n) is 3.10. The van der Waals surface area contributed by atoms with E-state index in [2.05, 4.69) is 72.3 Å². The third-order valence-electron chi connectivity index (χ3n) is 4.35. The van der Waals surface area contributed by atoms with Gasteiger partial charge in [0.25, 0.3) is 0 Å². The zero-order valence-electron chi connectivity index (χ0n) is 12.7. The summed E-state index contributed by atoms with van der Waals surface area (Å²) in [6.07, 6.45) is 7.04. The lowest BCUT2D eigenvalue weighted by Gasteiger charge is -2.14. The molecule has 21 heavy (non-hydrogen) atoms. The number of rotatable bonds is 4. The first-order chi connectivity index (χ1) is 10.2. The molecule has 1 aliphatic carbocycles. The van der Waals surface area contributed by atoms with Crippen LogP contribution in [0.4, 0.5) is 0 Å². The van der Waals surface area contributed by atoms with Gasteiger partial charge in [-0.2, -0.15) is 0 Å².